The van der Waals surface area contributed by atoms with Gasteiger partial charge in [0.05, 0.1) is 53.6 Å². The van der Waals surface area contributed by atoms with Crippen LogP contribution in [0.2, 0.25) is 0 Å². The van der Waals surface area contributed by atoms with E-state index in [0.717, 1.165) is 12.5 Å². The minimum absolute atomic E-state index is 0.00746. The van der Waals surface area contributed by atoms with Crippen molar-refractivity contribution in [2.75, 3.05) is 95.2 Å². The highest BCUT2D eigenvalue weighted by Crippen LogP contribution is 2.54. The SMILES string of the molecule is C#Cc1c(F)ccc2cc(O)cc(-c3ccc4c(N5CCOC(CO)C5)nc(OCC56CCCN5C(c5cc(F)c(C#C)c7c(-c8ccc9c(N%10CCN%11C(=O)OCC%11C%10)nc(OCC%10%11CCCN%10CC(F)C%11)nc9c8F)cc(O)cc57)C(F)C6)nc4c3F)c12. The summed E-state index contributed by atoms with van der Waals surface area (Å²) in [6.07, 6.45) is 10.8. The van der Waals surface area contributed by atoms with Gasteiger partial charge in [-0.25, -0.2) is 31.1 Å². The number of hydrogen-bond acceptors (Lipinski definition) is 16. The van der Waals surface area contributed by atoms with Gasteiger partial charge in [-0.05, 0) is 115 Å². The van der Waals surface area contributed by atoms with Crippen molar-refractivity contribution in [3.63, 3.8) is 0 Å². The number of halogens is 6. The summed E-state index contributed by atoms with van der Waals surface area (Å²) in [5.41, 5.74) is -2.42. The van der Waals surface area contributed by atoms with Crippen molar-refractivity contribution in [2.45, 2.75) is 80.1 Å². The first-order valence-electron chi connectivity index (χ1n) is 30.2. The topological polar surface area (TPSA) is 182 Å². The normalized spacial score (nSPS) is 25.1. The Labute approximate surface area is 511 Å². The van der Waals surface area contributed by atoms with Gasteiger partial charge in [0.15, 0.2) is 11.6 Å². The molecule has 7 aliphatic heterocycles. The summed E-state index contributed by atoms with van der Waals surface area (Å²) in [4.78, 5) is 40.8. The van der Waals surface area contributed by atoms with Crippen molar-refractivity contribution >= 4 is 61.1 Å². The number of phenols is 2. The van der Waals surface area contributed by atoms with E-state index >= 15 is 22.0 Å². The third-order valence-electron chi connectivity index (χ3n) is 19.6. The molecule has 7 aliphatic rings. The lowest BCUT2D eigenvalue weighted by molar-refractivity contribution is 0.00338. The van der Waals surface area contributed by atoms with Gasteiger partial charge in [-0.3, -0.25) is 14.7 Å². The second-order valence-electron chi connectivity index (χ2n) is 24.7. The van der Waals surface area contributed by atoms with E-state index in [2.05, 4.69) is 26.7 Å². The number of aliphatic hydroxyl groups is 1. The molecule has 0 saturated carbocycles. The average Bonchev–Trinajstić information content (AvgIpc) is 1.57. The number of hydrogen-bond donors (Lipinski definition) is 3. The van der Waals surface area contributed by atoms with Gasteiger partial charge in [0.2, 0.25) is 0 Å². The van der Waals surface area contributed by atoms with Crippen LogP contribution >= 0.6 is 0 Å². The van der Waals surface area contributed by atoms with Crippen molar-refractivity contribution in [1.29, 1.82) is 0 Å². The van der Waals surface area contributed by atoms with Crippen LogP contribution in [0, 0.1) is 48.0 Å². The number of rotatable bonds is 12. The maximum Gasteiger partial charge on any atom is 0.410 e. The smallest absolute Gasteiger partial charge is 0.410 e. The number of carbonyl (C=O) groups is 1. The number of carbonyl (C=O) groups excluding carboxylic acids is 1. The molecule has 2 aromatic heterocycles. The number of ether oxygens (including phenoxy) is 4. The summed E-state index contributed by atoms with van der Waals surface area (Å²) in [6, 6.07) is 13.3. The average molecular weight is 1230 g/mol. The predicted molar refractivity (Wildman–Crippen MR) is 322 cm³/mol. The molecule has 15 rings (SSSR count). The Hall–Kier alpha value is -8.87. The fraction of sp³-hybridized carbons (Fsp3) is 0.388. The van der Waals surface area contributed by atoms with Gasteiger partial charge in [-0.2, -0.15) is 19.9 Å². The minimum atomic E-state index is -1.68. The number of amides is 1. The van der Waals surface area contributed by atoms with E-state index in [9.17, 15) is 24.5 Å². The highest BCUT2D eigenvalue weighted by Gasteiger charge is 2.56. The standard InChI is InChI=1S/C67H59F6N9O8/c1-3-41-51(69)12-7-35-21-38(84)22-47(54(35)41)43-8-10-46-59(56(43)72)75-64(77-62(46)79-19-20-87-40(30-79)31-83)90-34-67-14-6-16-82(67)60(53(71)27-67)50-25-52(70)42(4-2)55-48(23-39(85)24-49(50)55)44-9-11-45-58(57(44)73)74-63(89-33-66-13-5-15-80(66)28-36(68)26-66)76-61(45)78-17-18-81-37(29-78)32-88-65(81)86/h1-2,7-12,21-25,36-37,40,53,60,83-85H,5-6,13-20,26-34H2. The zero-order valence-corrected chi connectivity index (χ0v) is 48.5. The van der Waals surface area contributed by atoms with Crippen LogP contribution in [0.5, 0.6) is 23.5 Å². The van der Waals surface area contributed by atoms with Gasteiger partial charge in [0, 0.05) is 84.8 Å². The molecule has 90 heavy (non-hydrogen) atoms. The lowest BCUT2D eigenvalue weighted by atomic mass is 9.87. The third kappa shape index (κ3) is 9.28. The van der Waals surface area contributed by atoms with Gasteiger partial charge in [-0.1, -0.05) is 30.0 Å². The van der Waals surface area contributed by atoms with Crippen LogP contribution < -0.4 is 19.3 Å². The molecule has 0 spiro atoms. The van der Waals surface area contributed by atoms with Crippen molar-refractivity contribution in [2.24, 2.45) is 0 Å². The Morgan fingerprint density at radius 2 is 1.31 bits per heavy atom. The van der Waals surface area contributed by atoms with E-state index in [4.69, 9.17) is 41.8 Å². The first-order chi connectivity index (χ1) is 43.6. The fourth-order valence-corrected chi connectivity index (χ4v) is 15.6. The number of nitrogens with zero attached hydrogens (tertiary/aromatic N) is 9. The predicted octanol–water partition coefficient (Wildman–Crippen LogP) is 9.63. The van der Waals surface area contributed by atoms with Crippen LogP contribution in [0.25, 0.3) is 65.6 Å². The van der Waals surface area contributed by atoms with Gasteiger partial charge in [0.25, 0.3) is 0 Å². The zero-order chi connectivity index (χ0) is 62.1. The monoisotopic (exact) mass is 1230 g/mol. The van der Waals surface area contributed by atoms with Crippen LogP contribution in [-0.4, -0.2) is 177 Å². The van der Waals surface area contributed by atoms with Crippen LogP contribution in [0.15, 0.2) is 66.7 Å². The maximum absolute atomic E-state index is 18.1. The summed E-state index contributed by atoms with van der Waals surface area (Å²) in [5, 5.41) is 34.0. The molecular formula is C67H59F6N9O8. The molecule has 7 atom stereocenters. The van der Waals surface area contributed by atoms with Gasteiger partial charge in [-0.15, -0.1) is 12.8 Å². The molecule has 7 saturated heterocycles. The van der Waals surface area contributed by atoms with Crippen molar-refractivity contribution in [1.82, 2.24) is 34.6 Å². The number of phenolic OH excluding ortho intramolecular Hbond substituents is 2. The molecule has 0 bridgehead atoms. The van der Waals surface area contributed by atoms with Gasteiger partial charge in [0.1, 0.15) is 78.0 Å². The molecule has 0 radical (unpaired) electrons. The van der Waals surface area contributed by atoms with E-state index in [0.29, 0.717) is 63.2 Å². The molecule has 3 N–H and O–H groups in total. The van der Waals surface area contributed by atoms with Crippen molar-refractivity contribution in [3.8, 4) is 70.5 Å². The molecule has 462 valence electrons. The lowest BCUT2D eigenvalue weighted by Crippen LogP contribution is -2.52. The molecule has 8 aromatic rings. The Bertz CT molecular complexity index is 4420. The highest BCUT2D eigenvalue weighted by atomic mass is 19.2. The number of aromatic hydroxyl groups is 2. The highest BCUT2D eigenvalue weighted by molar-refractivity contribution is 6.06. The number of alkyl halides is 2. The number of cyclic esters (lactones) is 1. The number of terminal acetylenes is 2. The molecule has 9 heterocycles. The van der Waals surface area contributed by atoms with Gasteiger partial charge < -0.3 is 44.1 Å². The first kappa shape index (κ1) is 57.6. The number of benzene rings is 6. The fourth-order valence-electron chi connectivity index (χ4n) is 15.6. The molecular weight excluding hydrogens is 1170 g/mol. The third-order valence-corrected chi connectivity index (χ3v) is 19.6. The molecule has 0 aliphatic carbocycles. The largest absolute Gasteiger partial charge is 0.508 e. The molecule has 6 aromatic carbocycles. The number of aromatic nitrogens is 4. The van der Waals surface area contributed by atoms with Gasteiger partial charge >= 0.3 is 18.1 Å². The van der Waals surface area contributed by atoms with Crippen LogP contribution in [-0.2, 0) is 9.47 Å². The Morgan fingerprint density at radius 3 is 2.01 bits per heavy atom. The molecule has 7 fully saturated rings. The quantitative estimate of drug-likeness (QED) is 0.0776. The molecule has 1 amide bonds. The number of anilines is 2. The van der Waals surface area contributed by atoms with E-state index in [-0.39, 0.29) is 178 Å². The van der Waals surface area contributed by atoms with E-state index in [1.165, 1.54) is 48.5 Å². The van der Waals surface area contributed by atoms with E-state index < -0.39 is 64.9 Å². The zero-order valence-electron chi connectivity index (χ0n) is 48.5. The molecule has 7 unspecified atom stereocenters. The Morgan fingerprint density at radius 1 is 0.667 bits per heavy atom. The number of aliphatic hydroxyl groups excluding tert-OH is 1. The minimum Gasteiger partial charge on any atom is -0.508 e. The second-order valence-corrected chi connectivity index (χ2v) is 24.7. The Balaban J connectivity index is 0.800. The van der Waals surface area contributed by atoms with Crippen molar-refractivity contribution in [3.05, 3.63) is 107 Å². The van der Waals surface area contributed by atoms with Crippen LogP contribution in [0.4, 0.5) is 42.8 Å². The summed E-state index contributed by atoms with van der Waals surface area (Å²) in [6.45, 7) is 2.53. The number of morpholine rings is 1. The van der Waals surface area contributed by atoms with Crippen molar-refractivity contribution < 1.29 is 65.4 Å². The molecule has 23 heteroatoms. The number of piperazine rings is 1. The Kier molecular flexibility index (Phi) is 14.0. The summed E-state index contributed by atoms with van der Waals surface area (Å²) in [5.74, 6) is 1.43. The summed E-state index contributed by atoms with van der Waals surface area (Å²) < 4.78 is 125. The second kappa shape index (κ2) is 22.0. The maximum atomic E-state index is 18.1. The first-order valence-corrected chi connectivity index (χ1v) is 30.2. The van der Waals surface area contributed by atoms with Crippen LogP contribution in [0.3, 0.4) is 0 Å². The lowest BCUT2D eigenvalue weighted by Gasteiger charge is -2.36. The summed E-state index contributed by atoms with van der Waals surface area (Å²) in [7, 11) is 0. The van der Waals surface area contributed by atoms with E-state index in [1.54, 1.807) is 17.0 Å². The van der Waals surface area contributed by atoms with E-state index in [1.807, 2.05) is 14.7 Å². The van der Waals surface area contributed by atoms with Crippen LogP contribution in [0.1, 0.15) is 61.3 Å². The number of fused-ring (bicyclic) bond motifs is 7. The summed E-state index contributed by atoms with van der Waals surface area (Å²) >= 11 is 0. The molecule has 17 nitrogen and oxygen atoms in total.